The van der Waals surface area contributed by atoms with Gasteiger partial charge >= 0.3 is 6.55 Å². The minimum Gasteiger partial charge on any atom is -0.356 e. The molecule has 0 spiro atoms. The zero-order valence-corrected chi connectivity index (χ0v) is 16.1. The Bertz CT molecular complexity index is 658. The highest BCUT2D eigenvalue weighted by Gasteiger charge is 2.10. The average molecular weight is 461 g/mol. The first-order chi connectivity index (χ1) is 11.7. The Labute approximate surface area is 163 Å². The van der Waals surface area contributed by atoms with Crippen molar-refractivity contribution in [2.24, 2.45) is 4.99 Å². The van der Waals surface area contributed by atoms with Crippen LogP contribution in [0.25, 0.3) is 0 Å². The van der Waals surface area contributed by atoms with Gasteiger partial charge in [-0.1, -0.05) is 36.4 Å². The molecule has 136 valence electrons. The summed E-state index contributed by atoms with van der Waals surface area (Å²) in [6.07, 6.45) is 4.75. The molecule has 25 heavy (non-hydrogen) atoms. The summed E-state index contributed by atoms with van der Waals surface area (Å²) >= 11 is 0. The van der Waals surface area contributed by atoms with Crippen molar-refractivity contribution in [3.05, 3.63) is 66.8 Å². The van der Waals surface area contributed by atoms with Gasteiger partial charge in [0.05, 0.1) is 6.54 Å². The van der Waals surface area contributed by atoms with E-state index in [-0.39, 0.29) is 24.0 Å². The lowest BCUT2D eigenvalue weighted by Crippen LogP contribution is -2.38. The fourth-order valence-corrected chi connectivity index (χ4v) is 2.10. The van der Waals surface area contributed by atoms with E-state index < -0.39 is 6.55 Å². The van der Waals surface area contributed by atoms with Crippen molar-refractivity contribution in [1.29, 1.82) is 0 Å². The fraction of sp³-hybridized carbons (Fsp3) is 0.294. The van der Waals surface area contributed by atoms with E-state index in [1.54, 1.807) is 6.08 Å². The van der Waals surface area contributed by atoms with Gasteiger partial charge in [0.15, 0.2) is 5.96 Å². The predicted molar refractivity (Wildman–Crippen MR) is 106 cm³/mol. The topological polar surface area (TPSA) is 54.2 Å². The van der Waals surface area contributed by atoms with Gasteiger partial charge in [0, 0.05) is 31.9 Å². The van der Waals surface area contributed by atoms with Crippen LogP contribution in [0.3, 0.4) is 0 Å². The van der Waals surface area contributed by atoms with Gasteiger partial charge in [-0.2, -0.15) is 8.78 Å². The SMILES string of the molecule is C=CCNC(=NCc1ccccc1)NCCc1nccn1C(F)F.I. The minimum atomic E-state index is -2.58. The molecule has 2 N–H and O–H groups in total. The van der Waals surface area contributed by atoms with Crippen LogP contribution in [0.2, 0.25) is 0 Å². The van der Waals surface area contributed by atoms with Crippen molar-refractivity contribution in [3.8, 4) is 0 Å². The van der Waals surface area contributed by atoms with Gasteiger partial charge in [-0.25, -0.2) is 9.98 Å². The maximum Gasteiger partial charge on any atom is 0.319 e. The average Bonchev–Trinajstić information content (AvgIpc) is 3.06. The summed E-state index contributed by atoms with van der Waals surface area (Å²) < 4.78 is 26.4. The largest absolute Gasteiger partial charge is 0.356 e. The highest BCUT2D eigenvalue weighted by atomic mass is 127. The van der Waals surface area contributed by atoms with Crippen molar-refractivity contribution in [1.82, 2.24) is 20.2 Å². The number of aliphatic imine (C=N–C) groups is 1. The summed E-state index contributed by atoms with van der Waals surface area (Å²) in [5, 5.41) is 6.22. The lowest BCUT2D eigenvalue weighted by Gasteiger charge is -2.12. The van der Waals surface area contributed by atoms with Crippen LogP contribution in [0.4, 0.5) is 8.78 Å². The van der Waals surface area contributed by atoms with Crippen molar-refractivity contribution in [2.45, 2.75) is 19.5 Å². The summed E-state index contributed by atoms with van der Waals surface area (Å²) in [6.45, 7) is 2.62. The molecule has 0 aliphatic heterocycles. The van der Waals surface area contributed by atoms with Crippen LogP contribution in [0.5, 0.6) is 0 Å². The first kappa shape index (κ1) is 21.1. The van der Waals surface area contributed by atoms with E-state index >= 15 is 0 Å². The summed E-state index contributed by atoms with van der Waals surface area (Å²) in [5.74, 6) is 0.942. The Hall–Kier alpha value is -1.97. The van der Waals surface area contributed by atoms with Gasteiger partial charge in [0.1, 0.15) is 5.82 Å². The number of hydrogen-bond acceptors (Lipinski definition) is 2. The number of halogens is 3. The predicted octanol–water partition coefficient (Wildman–Crippen LogP) is 3.36. The molecule has 0 unspecified atom stereocenters. The number of imidazole rings is 1. The molecule has 0 aliphatic carbocycles. The van der Waals surface area contributed by atoms with E-state index in [2.05, 4.69) is 27.2 Å². The van der Waals surface area contributed by atoms with Gasteiger partial charge in [0.2, 0.25) is 0 Å². The molecule has 8 heteroatoms. The number of alkyl halides is 2. The third kappa shape index (κ3) is 7.20. The highest BCUT2D eigenvalue weighted by Crippen LogP contribution is 2.12. The summed E-state index contributed by atoms with van der Waals surface area (Å²) in [5.41, 5.74) is 1.09. The van der Waals surface area contributed by atoms with Gasteiger partial charge in [-0.15, -0.1) is 30.6 Å². The minimum absolute atomic E-state index is 0. The molecule has 1 aromatic carbocycles. The standard InChI is InChI=1S/C17H21F2N5.HI/c1-2-9-21-17(23-13-14-6-4-3-5-7-14)22-10-8-15-20-11-12-24(15)16(18)19;/h2-7,11-12,16H,1,8-10,13H2,(H2,21,22,23);1H. The van der Waals surface area contributed by atoms with E-state index in [1.807, 2.05) is 30.3 Å². The monoisotopic (exact) mass is 461 g/mol. The van der Waals surface area contributed by atoms with Gasteiger partial charge in [0.25, 0.3) is 0 Å². The molecule has 1 heterocycles. The maximum absolute atomic E-state index is 12.8. The molecule has 0 saturated carbocycles. The number of nitrogens with one attached hydrogen (secondary N) is 2. The summed E-state index contributed by atoms with van der Waals surface area (Å²) in [7, 11) is 0. The second-order valence-electron chi connectivity index (χ2n) is 5.03. The molecule has 0 fully saturated rings. The summed E-state index contributed by atoms with van der Waals surface area (Å²) in [4.78, 5) is 8.44. The van der Waals surface area contributed by atoms with Crippen molar-refractivity contribution < 1.29 is 8.78 Å². The second-order valence-corrected chi connectivity index (χ2v) is 5.03. The molecule has 0 bridgehead atoms. The number of rotatable bonds is 8. The number of hydrogen-bond donors (Lipinski definition) is 2. The Morgan fingerprint density at radius 3 is 2.72 bits per heavy atom. The molecule has 0 saturated heterocycles. The highest BCUT2D eigenvalue weighted by molar-refractivity contribution is 14.0. The second kappa shape index (κ2) is 11.6. The first-order valence-corrected chi connectivity index (χ1v) is 7.67. The zero-order valence-electron chi connectivity index (χ0n) is 13.7. The van der Waals surface area contributed by atoms with E-state index in [9.17, 15) is 8.78 Å². The van der Waals surface area contributed by atoms with Crippen LogP contribution < -0.4 is 10.6 Å². The molecule has 0 aliphatic rings. The lowest BCUT2D eigenvalue weighted by molar-refractivity contribution is 0.0670. The van der Waals surface area contributed by atoms with Crippen molar-refractivity contribution in [3.63, 3.8) is 0 Å². The molecule has 0 amide bonds. The Morgan fingerprint density at radius 1 is 1.28 bits per heavy atom. The van der Waals surface area contributed by atoms with Crippen molar-refractivity contribution >= 4 is 29.9 Å². The first-order valence-electron chi connectivity index (χ1n) is 7.67. The number of nitrogens with zero attached hydrogens (tertiary/aromatic N) is 3. The van der Waals surface area contributed by atoms with E-state index in [1.165, 1.54) is 12.4 Å². The van der Waals surface area contributed by atoms with Crippen LogP contribution in [-0.2, 0) is 13.0 Å². The molecule has 2 rings (SSSR count). The molecule has 5 nitrogen and oxygen atoms in total. The van der Waals surface area contributed by atoms with Crippen LogP contribution in [0, 0.1) is 0 Å². The third-order valence-corrected chi connectivity index (χ3v) is 3.28. The molecule has 2 aromatic rings. The van der Waals surface area contributed by atoms with Crippen LogP contribution >= 0.6 is 24.0 Å². The van der Waals surface area contributed by atoms with Crippen LogP contribution in [-0.4, -0.2) is 28.6 Å². The third-order valence-electron chi connectivity index (χ3n) is 3.28. The van der Waals surface area contributed by atoms with Gasteiger partial charge in [-0.3, -0.25) is 4.57 Å². The maximum atomic E-state index is 12.8. The lowest BCUT2D eigenvalue weighted by atomic mass is 10.2. The number of aromatic nitrogens is 2. The summed E-state index contributed by atoms with van der Waals surface area (Å²) in [6, 6.07) is 9.86. The van der Waals surface area contributed by atoms with Crippen molar-refractivity contribution in [2.75, 3.05) is 13.1 Å². The smallest absolute Gasteiger partial charge is 0.319 e. The molecule has 1 aromatic heterocycles. The van der Waals surface area contributed by atoms with E-state index in [4.69, 9.17) is 0 Å². The molecular weight excluding hydrogens is 439 g/mol. The Morgan fingerprint density at radius 2 is 2.04 bits per heavy atom. The normalized spacial score (nSPS) is 11.1. The van der Waals surface area contributed by atoms with Gasteiger partial charge < -0.3 is 10.6 Å². The van der Waals surface area contributed by atoms with E-state index in [0.29, 0.717) is 37.8 Å². The molecule has 0 atom stereocenters. The fourth-order valence-electron chi connectivity index (χ4n) is 2.10. The number of guanidine groups is 1. The van der Waals surface area contributed by atoms with E-state index in [0.717, 1.165) is 10.1 Å². The molecular formula is C17H22F2IN5. The quantitative estimate of drug-likeness (QED) is 0.275. The molecule has 0 radical (unpaired) electrons. The number of benzene rings is 1. The zero-order chi connectivity index (χ0) is 17.2. The van der Waals surface area contributed by atoms with Crippen LogP contribution in [0.1, 0.15) is 17.9 Å². The Kier molecular flexibility index (Phi) is 9.75. The van der Waals surface area contributed by atoms with Crippen LogP contribution in [0.15, 0.2) is 60.4 Å². The Balaban J connectivity index is 0.00000312. The van der Waals surface area contributed by atoms with Gasteiger partial charge in [-0.05, 0) is 5.56 Å².